The highest BCUT2D eigenvalue weighted by Gasteiger charge is 2.33. The molecule has 2 aliphatic heterocycles. The Morgan fingerprint density at radius 2 is 1.86 bits per heavy atom. The predicted octanol–water partition coefficient (Wildman–Crippen LogP) is 3.59. The number of aromatic nitrogens is 1. The van der Waals surface area contributed by atoms with E-state index in [0.717, 1.165) is 25.9 Å². The summed E-state index contributed by atoms with van der Waals surface area (Å²) in [7, 11) is 0. The number of rotatable bonds is 5. The van der Waals surface area contributed by atoms with Crippen LogP contribution < -0.4 is 4.74 Å². The largest absolute Gasteiger partial charge is 0.490 e. The summed E-state index contributed by atoms with van der Waals surface area (Å²) in [6.45, 7) is 2.52. The third kappa shape index (κ3) is 5.05. The molecule has 1 aromatic heterocycles. The molecule has 0 aliphatic carbocycles. The first kappa shape index (κ1) is 20.5. The first-order valence-electron chi connectivity index (χ1n) is 10.2. The van der Waals surface area contributed by atoms with Gasteiger partial charge in [0.15, 0.2) is 0 Å². The molecule has 0 radical (unpaired) electrons. The zero-order valence-electron chi connectivity index (χ0n) is 16.3. The minimum atomic E-state index is -4.26. The fourth-order valence-electron chi connectivity index (χ4n) is 4.32. The van der Waals surface area contributed by atoms with E-state index in [-0.39, 0.29) is 6.10 Å². The van der Waals surface area contributed by atoms with E-state index in [2.05, 4.69) is 4.90 Å². The van der Waals surface area contributed by atoms with Crippen LogP contribution in [0, 0.1) is 0 Å². The SMILES string of the molecule is OC1(CN2CCC(Oc3cccc4c3ccn4CC(F)(F)F)CC2)CCOCC1. The topological polar surface area (TPSA) is 46.9 Å². The molecule has 0 unspecified atom stereocenters. The van der Waals surface area contributed by atoms with Crippen LogP contribution in [0.5, 0.6) is 5.75 Å². The van der Waals surface area contributed by atoms with Gasteiger partial charge in [-0.25, -0.2) is 0 Å². The molecule has 2 aliphatic rings. The molecule has 2 saturated heterocycles. The van der Waals surface area contributed by atoms with E-state index in [1.807, 2.05) is 6.07 Å². The summed E-state index contributed by atoms with van der Waals surface area (Å²) >= 11 is 0. The van der Waals surface area contributed by atoms with Crippen LogP contribution in [-0.4, -0.2) is 65.3 Å². The van der Waals surface area contributed by atoms with E-state index >= 15 is 0 Å². The highest BCUT2D eigenvalue weighted by Crippen LogP contribution is 2.31. The lowest BCUT2D eigenvalue weighted by Gasteiger charge is -2.39. The van der Waals surface area contributed by atoms with Crippen molar-refractivity contribution < 1.29 is 27.8 Å². The van der Waals surface area contributed by atoms with Crippen molar-refractivity contribution in [3.05, 3.63) is 30.5 Å². The fourth-order valence-corrected chi connectivity index (χ4v) is 4.32. The smallest absolute Gasteiger partial charge is 0.406 e. The van der Waals surface area contributed by atoms with Crippen molar-refractivity contribution in [1.29, 1.82) is 0 Å². The molecular weight excluding hydrogens is 385 g/mol. The Kier molecular flexibility index (Phi) is 5.77. The summed E-state index contributed by atoms with van der Waals surface area (Å²) in [4.78, 5) is 2.27. The monoisotopic (exact) mass is 412 g/mol. The van der Waals surface area contributed by atoms with Gasteiger partial charge < -0.3 is 24.0 Å². The summed E-state index contributed by atoms with van der Waals surface area (Å²) in [5.41, 5.74) is -0.141. The zero-order valence-corrected chi connectivity index (χ0v) is 16.3. The van der Waals surface area contributed by atoms with Gasteiger partial charge in [0.05, 0.1) is 11.1 Å². The Morgan fingerprint density at radius 3 is 2.55 bits per heavy atom. The van der Waals surface area contributed by atoms with E-state index in [4.69, 9.17) is 9.47 Å². The molecule has 2 fully saturated rings. The molecule has 3 heterocycles. The number of fused-ring (bicyclic) bond motifs is 1. The number of hydrogen-bond acceptors (Lipinski definition) is 4. The van der Waals surface area contributed by atoms with Crippen molar-refractivity contribution in [2.75, 3.05) is 32.8 Å². The van der Waals surface area contributed by atoms with Crippen molar-refractivity contribution in [1.82, 2.24) is 9.47 Å². The van der Waals surface area contributed by atoms with Crippen molar-refractivity contribution in [3.63, 3.8) is 0 Å². The third-order valence-electron chi connectivity index (χ3n) is 5.89. The number of hydrogen-bond donors (Lipinski definition) is 1. The number of ether oxygens (including phenoxy) is 2. The third-order valence-corrected chi connectivity index (χ3v) is 5.89. The van der Waals surface area contributed by atoms with Crippen molar-refractivity contribution in [3.8, 4) is 5.75 Å². The number of aliphatic hydroxyl groups is 1. The molecule has 1 N–H and O–H groups in total. The number of benzene rings is 1. The maximum Gasteiger partial charge on any atom is 0.406 e. The lowest BCUT2D eigenvalue weighted by Crippen LogP contribution is -2.50. The van der Waals surface area contributed by atoms with Crippen molar-refractivity contribution in [2.45, 2.75) is 50.1 Å². The van der Waals surface area contributed by atoms with Crippen LogP contribution >= 0.6 is 0 Å². The van der Waals surface area contributed by atoms with E-state index in [9.17, 15) is 18.3 Å². The number of β-amino-alcohol motifs (C(OH)–C–C–N with tert-alkyl or cyclic N) is 1. The number of likely N-dealkylation sites (tertiary alicyclic amines) is 1. The normalized spacial score (nSPS) is 21.5. The first-order chi connectivity index (χ1) is 13.8. The Morgan fingerprint density at radius 1 is 1.14 bits per heavy atom. The highest BCUT2D eigenvalue weighted by atomic mass is 19.4. The van der Waals surface area contributed by atoms with Gasteiger partial charge in [0.2, 0.25) is 0 Å². The molecule has 160 valence electrons. The van der Waals surface area contributed by atoms with Crippen LogP contribution in [0.4, 0.5) is 13.2 Å². The average molecular weight is 412 g/mol. The molecule has 0 bridgehead atoms. The predicted molar refractivity (Wildman–Crippen MR) is 103 cm³/mol. The van der Waals surface area contributed by atoms with Gasteiger partial charge in [0.1, 0.15) is 18.4 Å². The molecule has 0 amide bonds. The summed E-state index contributed by atoms with van der Waals surface area (Å²) in [5, 5.41) is 11.4. The second-order valence-corrected chi connectivity index (χ2v) is 8.18. The van der Waals surface area contributed by atoms with Gasteiger partial charge in [-0.1, -0.05) is 6.07 Å². The van der Waals surface area contributed by atoms with Crippen LogP contribution in [0.3, 0.4) is 0 Å². The molecule has 8 heteroatoms. The van der Waals surface area contributed by atoms with Gasteiger partial charge in [-0.15, -0.1) is 0 Å². The standard InChI is InChI=1S/C21H27F3N2O3/c22-21(23,24)15-26-11-6-17-18(26)2-1-3-19(17)29-16-4-9-25(10-5-16)14-20(27)7-12-28-13-8-20/h1-3,6,11,16,27H,4-5,7-10,12-15H2. The maximum absolute atomic E-state index is 12.8. The van der Waals surface area contributed by atoms with Crippen LogP contribution in [0.2, 0.25) is 0 Å². The summed E-state index contributed by atoms with van der Waals surface area (Å²) in [5.74, 6) is 0.630. The molecule has 0 spiro atoms. The van der Waals surface area contributed by atoms with E-state index in [1.54, 1.807) is 18.2 Å². The summed E-state index contributed by atoms with van der Waals surface area (Å²) in [6, 6.07) is 6.93. The van der Waals surface area contributed by atoms with Crippen LogP contribution in [0.25, 0.3) is 10.9 Å². The number of halogens is 3. The molecule has 4 rings (SSSR count). The minimum absolute atomic E-state index is 0.0205. The van der Waals surface area contributed by atoms with E-state index < -0.39 is 18.3 Å². The Balaban J connectivity index is 1.36. The lowest BCUT2D eigenvalue weighted by atomic mass is 9.92. The van der Waals surface area contributed by atoms with Crippen molar-refractivity contribution in [2.24, 2.45) is 0 Å². The molecule has 0 saturated carbocycles. The van der Waals surface area contributed by atoms with Crippen LogP contribution in [-0.2, 0) is 11.3 Å². The lowest BCUT2D eigenvalue weighted by molar-refractivity contribution is -0.139. The van der Waals surface area contributed by atoms with Gasteiger partial charge in [-0.3, -0.25) is 0 Å². The second-order valence-electron chi connectivity index (χ2n) is 8.18. The molecule has 2 aromatic rings. The molecule has 0 atom stereocenters. The van der Waals surface area contributed by atoms with Gasteiger partial charge in [0, 0.05) is 57.3 Å². The molecule has 1 aromatic carbocycles. The Labute approximate surface area is 168 Å². The summed E-state index contributed by atoms with van der Waals surface area (Å²) < 4.78 is 51.0. The van der Waals surface area contributed by atoms with Crippen LogP contribution in [0.1, 0.15) is 25.7 Å². The second kappa shape index (κ2) is 8.16. The highest BCUT2D eigenvalue weighted by molar-refractivity contribution is 5.86. The van der Waals surface area contributed by atoms with Gasteiger partial charge in [-0.2, -0.15) is 13.2 Å². The van der Waals surface area contributed by atoms with Gasteiger partial charge in [-0.05, 0) is 31.0 Å². The number of alkyl halides is 3. The number of nitrogens with zero attached hydrogens (tertiary/aromatic N) is 2. The molecule has 29 heavy (non-hydrogen) atoms. The van der Waals surface area contributed by atoms with E-state index in [0.29, 0.717) is 49.3 Å². The molecular formula is C21H27F3N2O3. The summed E-state index contributed by atoms with van der Waals surface area (Å²) in [6.07, 6.45) is 0.207. The minimum Gasteiger partial charge on any atom is -0.490 e. The number of piperidine rings is 1. The first-order valence-corrected chi connectivity index (χ1v) is 10.2. The fraction of sp³-hybridized carbons (Fsp3) is 0.619. The zero-order chi connectivity index (χ0) is 20.5. The van der Waals surface area contributed by atoms with Crippen molar-refractivity contribution >= 4 is 10.9 Å². The Bertz CT molecular complexity index is 822. The maximum atomic E-state index is 12.8. The van der Waals surface area contributed by atoms with Gasteiger partial charge >= 0.3 is 6.18 Å². The average Bonchev–Trinajstić information content (AvgIpc) is 3.06. The van der Waals surface area contributed by atoms with E-state index in [1.165, 1.54) is 10.8 Å². The van der Waals surface area contributed by atoms with Crippen LogP contribution in [0.15, 0.2) is 30.5 Å². The quantitative estimate of drug-likeness (QED) is 0.816. The van der Waals surface area contributed by atoms with Gasteiger partial charge in [0.25, 0.3) is 0 Å². The Hall–Kier alpha value is -1.77. The molecule has 5 nitrogen and oxygen atoms in total.